The minimum absolute atomic E-state index is 0.109. The number of benzene rings is 2. The summed E-state index contributed by atoms with van der Waals surface area (Å²) >= 11 is 0. The van der Waals surface area contributed by atoms with Crippen molar-refractivity contribution in [3.05, 3.63) is 78.4 Å². The van der Waals surface area contributed by atoms with Crippen LogP contribution in [0.2, 0.25) is 0 Å². The maximum atomic E-state index is 12.6. The van der Waals surface area contributed by atoms with Crippen LogP contribution in [-0.4, -0.2) is 21.7 Å². The summed E-state index contributed by atoms with van der Waals surface area (Å²) in [4.78, 5) is 3.88. The highest BCUT2D eigenvalue weighted by molar-refractivity contribution is 7.89. The lowest BCUT2D eigenvalue weighted by atomic mass is 10.2. The first-order valence-electron chi connectivity index (χ1n) is 8.24. The molecule has 2 aromatic carbocycles. The minimum Gasteiger partial charge on any atom is -0.497 e. The first kappa shape index (κ1) is 21.0. The third kappa shape index (κ3) is 6.45. The number of nitrogens with one attached hydrogen (secondary N) is 2. The minimum atomic E-state index is -3.71. The van der Waals surface area contributed by atoms with Crippen molar-refractivity contribution in [2.75, 3.05) is 12.4 Å². The zero-order valence-electron chi connectivity index (χ0n) is 15.4. The molecule has 2 rings (SSSR count). The molecule has 0 unspecified atom stereocenters. The highest BCUT2D eigenvalue weighted by Gasteiger charge is 2.14. The Balaban J connectivity index is 2.09. The molecule has 0 saturated carbocycles. The number of ether oxygens (including phenoxy) is 1. The molecule has 0 aliphatic rings. The number of anilines is 1. The van der Waals surface area contributed by atoms with Crippen LogP contribution in [0.15, 0.2) is 82.7 Å². The average Bonchev–Trinajstić information content (AvgIpc) is 2.66. The summed E-state index contributed by atoms with van der Waals surface area (Å²) in [5.74, 6) is 1.08. The van der Waals surface area contributed by atoms with E-state index in [0.717, 1.165) is 5.56 Å². The van der Waals surface area contributed by atoms with Gasteiger partial charge in [-0.05, 0) is 42.0 Å². The van der Waals surface area contributed by atoms with E-state index in [9.17, 15) is 8.42 Å². The van der Waals surface area contributed by atoms with Crippen molar-refractivity contribution in [2.24, 2.45) is 16.5 Å². The van der Waals surface area contributed by atoms with Gasteiger partial charge in [0.25, 0.3) is 0 Å². The van der Waals surface area contributed by atoms with E-state index in [0.29, 0.717) is 11.4 Å². The summed E-state index contributed by atoms with van der Waals surface area (Å²) in [6.45, 7) is 3.57. The number of aliphatic imine (C=N–C) groups is 1. The summed E-state index contributed by atoms with van der Waals surface area (Å²) in [6, 6.07) is 13.5. The fourth-order valence-electron chi connectivity index (χ4n) is 2.21. The summed E-state index contributed by atoms with van der Waals surface area (Å²) in [6.07, 6.45) is 2.88. The van der Waals surface area contributed by atoms with Crippen LogP contribution in [0.1, 0.15) is 5.56 Å². The molecule has 0 saturated heterocycles. The standard InChI is InChI=1S/C19H23N5O3S/c1-14(20)22-10-9-19(21)24-16-6-4-8-18(12-16)28(25,26)23-13-15-5-3-7-17(11-15)27-2/h3-12,23-24H,1,13,20-21H2,2H3/b19-9+,22-10-. The molecule has 148 valence electrons. The molecule has 9 heteroatoms. The molecule has 6 N–H and O–H groups in total. The molecule has 0 amide bonds. The second kappa shape index (κ2) is 9.58. The maximum absolute atomic E-state index is 12.6. The fraction of sp³-hybridized carbons (Fsp3) is 0.105. The molecule has 8 nitrogen and oxygen atoms in total. The largest absolute Gasteiger partial charge is 0.497 e. The Morgan fingerprint density at radius 3 is 2.68 bits per heavy atom. The van der Waals surface area contributed by atoms with Crippen LogP contribution in [-0.2, 0) is 16.6 Å². The van der Waals surface area contributed by atoms with Crippen molar-refractivity contribution in [2.45, 2.75) is 11.4 Å². The van der Waals surface area contributed by atoms with Crippen LogP contribution in [0, 0.1) is 0 Å². The molecule has 0 atom stereocenters. The predicted octanol–water partition coefficient (Wildman–Crippen LogP) is 1.89. The van der Waals surface area contributed by atoms with E-state index < -0.39 is 10.0 Å². The number of hydrogen-bond acceptors (Lipinski definition) is 7. The molecule has 0 aromatic heterocycles. The van der Waals surface area contributed by atoms with Gasteiger partial charge < -0.3 is 21.5 Å². The third-order valence-corrected chi connectivity index (χ3v) is 4.93. The van der Waals surface area contributed by atoms with E-state index >= 15 is 0 Å². The van der Waals surface area contributed by atoms with Gasteiger partial charge in [-0.3, -0.25) is 0 Å². The third-order valence-electron chi connectivity index (χ3n) is 3.53. The number of methoxy groups -OCH3 is 1. The smallest absolute Gasteiger partial charge is 0.240 e. The Kier molecular flexibility index (Phi) is 7.19. The molecule has 28 heavy (non-hydrogen) atoms. The van der Waals surface area contributed by atoms with E-state index in [1.54, 1.807) is 37.4 Å². The fourth-order valence-corrected chi connectivity index (χ4v) is 3.27. The van der Waals surface area contributed by atoms with Crippen LogP contribution in [0.4, 0.5) is 5.69 Å². The summed E-state index contributed by atoms with van der Waals surface area (Å²) in [7, 11) is -2.15. The monoisotopic (exact) mass is 401 g/mol. The topological polar surface area (TPSA) is 132 Å². The van der Waals surface area contributed by atoms with Gasteiger partial charge in [-0.2, -0.15) is 0 Å². The van der Waals surface area contributed by atoms with Gasteiger partial charge in [0.15, 0.2) is 0 Å². The van der Waals surface area contributed by atoms with Crippen molar-refractivity contribution >= 4 is 21.9 Å². The van der Waals surface area contributed by atoms with Crippen LogP contribution in [0.5, 0.6) is 5.75 Å². The second-order valence-electron chi connectivity index (χ2n) is 5.72. The first-order chi connectivity index (χ1) is 13.3. The van der Waals surface area contributed by atoms with E-state index in [1.165, 1.54) is 24.4 Å². The zero-order chi connectivity index (χ0) is 20.6. The van der Waals surface area contributed by atoms with Crippen LogP contribution >= 0.6 is 0 Å². The Labute approximate surface area is 164 Å². The van der Waals surface area contributed by atoms with Crippen molar-refractivity contribution in [3.63, 3.8) is 0 Å². The number of sulfonamides is 1. The molecule has 0 fully saturated rings. The highest BCUT2D eigenvalue weighted by atomic mass is 32.2. The summed E-state index contributed by atoms with van der Waals surface area (Å²) in [5, 5.41) is 2.89. The van der Waals surface area contributed by atoms with Crippen molar-refractivity contribution in [1.82, 2.24) is 4.72 Å². The van der Waals surface area contributed by atoms with Gasteiger partial charge in [-0.1, -0.05) is 24.8 Å². The highest BCUT2D eigenvalue weighted by Crippen LogP contribution is 2.17. The number of nitrogens with zero attached hydrogens (tertiary/aromatic N) is 1. The molecular formula is C19H23N5O3S. The number of rotatable bonds is 9. The van der Waals surface area contributed by atoms with E-state index in [4.69, 9.17) is 16.2 Å². The molecular weight excluding hydrogens is 378 g/mol. The van der Waals surface area contributed by atoms with Gasteiger partial charge in [0.1, 0.15) is 17.4 Å². The Bertz CT molecular complexity index is 1000. The summed E-state index contributed by atoms with van der Waals surface area (Å²) < 4.78 is 32.9. The molecule has 0 heterocycles. The Morgan fingerprint density at radius 2 is 1.96 bits per heavy atom. The van der Waals surface area contributed by atoms with Crippen LogP contribution < -0.4 is 26.2 Å². The molecule has 0 spiro atoms. The van der Waals surface area contributed by atoms with Gasteiger partial charge in [0, 0.05) is 18.4 Å². The predicted molar refractivity (Wildman–Crippen MR) is 111 cm³/mol. The maximum Gasteiger partial charge on any atom is 0.240 e. The SMILES string of the molecule is C=C(N)/N=C\C=C(/N)Nc1cccc(S(=O)(=O)NCc2cccc(OC)c2)c1. The zero-order valence-corrected chi connectivity index (χ0v) is 16.2. The van der Waals surface area contributed by atoms with Gasteiger partial charge in [0.05, 0.1) is 12.0 Å². The Morgan fingerprint density at radius 1 is 1.21 bits per heavy atom. The lowest BCUT2D eigenvalue weighted by Gasteiger charge is -2.10. The van der Waals surface area contributed by atoms with Gasteiger partial charge in [0.2, 0.25) is 10.0 Å². The lowest BCUT2D eigenvalue weighted by molar-refractivity contribution is 0.414. The quantitative estimate of drug-likeness (QED) is 0.475. The number of allylic oxidation sites excluding steroid dienone is 1. The van der Waals surface area contributed by atoms with E-state index in [1.807, 2.05) is 6.07 Å². The van der Waals surface area contributed by atoms with Crippen molar-refractivity contribution in [3.8, 4) is 5.75 Å². The molecule has 0 aliphatic heterocycles. The molecule has 2 aromatic rings. The summed E-state index contributed by atoms with van der Waals surface area (Å²) in [5.41, 5.74) is 12.4. The number of hydrogen-bond donors (Lipinski definition) is 4. The lowest BCUT2D eigenvalue weighted by Crippen LogP contribution is -2.23. The average molecular weight is 401 g/mol. The van der Waals surface area contributed by atoms with Crippen molar-refractivity contribution < 1.29 is 13.2 Å². The van der Waals surface area contributed by atoms with Crippen LogP contribution in [0.25, 0.3) is 0 Å². The second-order valence-corrected chi connectivity index (χ2v) is 7.49. The normalized spacial score (nSPS) is 12.1. The first-order valence-corrected chi connectivity index (χ1v) is 9.72. The molecule has 0 radical (unpaired) electrons. The van der Waals surface area contributed by atoms with Gasteiger partial charge in [-0.15, -0.1) is 0 Å². The number of nitrogens with two attached hydrogens (primary N) is 2. The van der Waals surface area contributed by atoms with E-state index in [2.05, 4.69) is 21.6 Å². The van der Waals surface area contributed by atoms with E-state index in [-0.39, 0.29) is 23.1 Å². The van der Waals surface area contributed by atoms with Gasteiger partial charge in [-0.25, -0.2) is 18.1 Å². The molecule has 0 bridgehead atoms. The Hall–Kier alpha value is -3.30. The van der Waals surface area contributed by atoms with Crippen LogP contribution in [0.3, 0.4) is 0 Å². The van der Waals surface area contributed by atoms with Crippen molar-refractivity contribution in [1.29, 1.82) is 0 Å². The van der Waals surface area contributed by atoms with Gasteiger partial charge >= 0.3 is 0 Å². The molecule has 0 aliphatic carbocycles.